The Hall–Kier alpha value is -3.30. The Labute approximate surface area is 187 Å². The third kappa shape index (κ3) is 3.85. The topological polar surface area (TPSA) is 84.2 Å². The van der Waals surface area contributed by atoms with E-state index in [9.17, 15) is 8.42 Å². The van der Waals surface area contributed by atoms with Gasteiger partial charge in [-0.3, -0.25) is 9.55 Å². The number of hydrogen-bond acceptors (Lipinski definition) is 6. The average Bonchev–Trinajstić information content (AvgIpc) is 3.19. The molecule has 32 heavy (non-hydrogen) atoms. The van der Waals surface area contributed by atoms with Gasteiger partial charge in [0.15, 0.2) is 0 Å². The second-order valence-corrected chi connectivity index (χ2v) is 10.0. The van der Waals surface area contributed by atoms with Crippen LogP contribution in [0.15, 0.2) is 61.1 Å². The maximum absolute atomic E-state index is 11.8. The highest BCUT2D eigenvalue weighted by atomic mass is 32.2. The number of benzene rings is 1. The average molecular weight is 449 g/mol. The van der Waals surface area contributed by atoms with E-state index in [2.05, 4.69) is 50.6 Å². The maximum Gasteiger partial charge on any atom is 0.211 e. The Bertz CT molecular complexity index is 1360. The molecule has 0 aliphatic carbocycles. The van der Waals surface area contributed by atoms with E-state index in [1.165, 1.54) is 16.1 Å². The number of aromatic nitrogens is 4. The van der Waals surface area contributed by atoms with Gasteiger partial charge in [0.25, 0.3) is 0 Å². The molecule has 9 heteroatoms. The smallest absolute Gasteiger partial charge is 0.211 e. The lowest BCUT2D eigenvalue weighted by Gasteiger charge is -2.34. The normalized spacial score (nSPS) is 15.4. The van der Waals surface area contributed by atoms with Crippen LogP contribution in [-0.4, -0.2) is 64.7 Å². The quantitative estimate of drug-likeness (QED) is 0.477. The molecular formula is C23H24N6O2S. The summed E-state index contributed by atoms with van der Waals surface area (Å²) in [6.07, 6.45) is 6.66. The minimum atomic E-state index is -3.15. The van der Waals surface area contributed by atoms with E-state index >= 15 is 0 Å². The summed E-state index contributed by atoms with van der Waals surface area (Å²) in [5.74, 6) is 1.64. The molecule has 0 atom stereocenters. The van der Waals surface area contributed by atoms with E-state index in [4.69, 9.17) is 4.98 Å². The Morgan fingerprint density at radius 2 is 1.66 bits per heavy atom. The number of pyridine rings is 2. The molecule has 1 fully saturated rings. The van der Waals surface area contributed by atoms with Gasteiger partial charge in [-0.05, 0) is 37.3 Å². The highest BCUT2D eigenvalue weighted by Crippen LogP contribution is 2.29. The lowest BCUT2D eigenvalue weighted by Crippen LogP contribution is -2.48. The molecule has 0 spiro atoms. The third-order valence-corrected chi connectivity index (χ3v) is 7.09. The van der Waals surface area contributed by atoms with E-state index in [0.29, 0.717) is 26.2 Å². The zero-order valence-corrected chi connectivity index (χ0v) is 18.8. The lowest BCUT2D eigenvalue weighted by atomic mass is 10.2. The first-order valence-corrected chi connectivity index (χ1v) is 12.3. The largest absolute Gasteiger partial charge is 0.354 e. The van der Waals surface area contributed by atoms with Gasteiger partial charge in [0.05, 0.1) is 23.5 Å². The van der Waals surface area contributed by atoms with Crippen LogP contribution >= 0.6 is 0 Å². The van der Waals surface area contributed by atoms with Crippen molar-refractivity contribution in [1.29, 1.82) is 0 Å². The molecule has 1 aliphatic heterocycles. The highest BCUT2D eigenvalue weighted by Gasteiger charge is 2.24. The van der Waals surface area contributed by atoms with Crippen LogP contribution in [0.5, 0.6) is 0 Å². The third-order valence-electron chi connectivity index (χ3n) is 5.79. The van der Waals surface area contributed by atoms with E-state index in [-0.39, 0.29) is 0 Å². The van der Waals surface area contributed by atoms with Crippen molar-refractivity contribution in [2.24, 2.45) is 0 Å². The number of hydrogen-bond donors (Lipinski definition) is 0. The van der Waals surface area contributed by atoms with Gasteiger partial charge in [-0.2, -0.15) is 4.31 Å². The van der Waals surface area contributed by atoms with Crippen LogP contribution in [0.1, 0.15) is 5.56 Å². The molecule has 164 valence electrons. The van der Waals surface area contributed by atoms with Gasteiger partial charge in [0, 0.05) is 49.8 Å². The number of rotatable bonds is 4. The van der Waals surface area contributed by atoms with Crippen LogP contribution < -0.4 is 4.90 Å². The van der Waals surface area contributed by atoms with E-state index in [1.54, 1.807) is 6.20 Å². The summed E-state index contributed by atoms with van der Waals surface area (Å²) >= 11 is 0. The van der Waals surface area contributed by atoms with Crippen molar-refractivity contribution in [3.8, 4) is 17.1 Å². The summed E-state index contributed by atoms with van der Waals surface area (Å²) in [7, 11) is -3.15. The van der Waals surface area contributed by atoms with Gasteiger partial charge in [-0.15, -0.1) is 0 Å². The Morgan fingerprint density at radius 1 is 0.906 bits per heavy atom. The molecule has 0 N–H and O–H groups in total. The summed E-state index contributed by atoms with van der Waals surface area (Å²) in [5.41, 5.74) is 4.92. The molecule has 0 amide bonds. The lowest BCUT2D eigenvalue weighted by molar-refractivity contribution is 0.387. The number of sulfonamides is 1. The molecule has 0 bridgehead atoms. The molecule has 4 heterocycles. The number of piperazine rings is 1. The summed E-state index contributed by atoms with van der Waals surface area (Å²) in [4.78, 5) is 15.9. The molecule has 1 aromatic carbocycles. The predicted molar refractivity (Wildman–Crippen MR) is 125 cm³/mol. The molecule has 8 nitrogen and oxygen atoms in total. The molecule has 3 aromatic heterocycles. The number of anilines is 1. The first kappa shape index (κ1) is 20.6. The van der Waals surface area contributed by atoms with E-state index < -0.39 is 10.0 Å². The molecule has 1 saturated heterocycles. The maximum atomic E-state index is 11.8. The SMILES string of the molecule is Cc1ccc(-n2c(-c3ccc(N4CCN(S(C)(=O)=O)CC4)nc3)nc3ccncc32)cc1. The zero-order valence-electron chi connectivity index (χ0n) is 18.0. The van der Waals surface area contributed by atoms with Gasteiger partial charge in [-0.25, -0.2) is 18.4 Å². The number of imidazole rings is 1. The minimum Gasteiger partial charge on any atom is -0.354 e. The van der Waals surface area contributed by atoms with Crippen molar-refractivity contribution in [2.75, 3.05) is 37.3 Å². The van der Waals surface area contributed by atoms with Crippen LogP contribution in [0.3, 0.4) is 0 Å². The fraction of sp³-hybridized carbons (Fsp3) is 0.261. The van der Waals surface area contributed by atoms with Gasteiger partial charge < -0.3 is 4.90 Å². The summed E-state index contributed by atoms with van der Waals surface area (Å²) < 4.78 is 27.1. The molecule has 0 unspecified atom stereocenters. The molecule has 0 radical (unpaired) electrons. The summed E-state index contributed by atoms with van der Waals surface area (Å²) in [5, 5.41) is 0. The van der Waals surface area contributed by atoms with Crippen LogP contribution in [-0.2, 0) is 10.0 Å². The van der Waals surface area contributed by atoms with Crippen molar-refractivity contribution in [3.63, 3.8) is 0 Å². The standard InChI is InChI=1S/C23H24N6O2S/c1-17-3-6-19(7-4-17)29-21-16-24-10-9-20(21)26-23(29)18-5-8-22(25-15-18)27-11-13-28(14-12-27)32(2,30)31/h3-10,15-16H,11-14H2,1-2H3. The molecule has 5 rings (SSSR count). The first-order chi connectivity index (χ1) is 15.4. The van der Waals surface area contributed by atoms with E-state index in [1.807, 2.05) is 30.6 Å². The molecule has 1 aliphatic rings. The fourth-order valence-electron chi connectivity index (χ4n) is 4.03. The summed E-state index contributed by atoms with van der Waals surface area (Å²) in [6.45, 7) is 4.24. The Balaban J connectivity index is 1.48. The van der Waals surface area contributed by atoms with Gasteiger partial charge in [0.1, 0.15) is 11.6 Å². The molecule has 0 saturated carbocycles. The van der Waals surface area contributed by atoms with Crippen molar-refractivity contribution < 1.29 is 8.42 Å². The van der Waals surface area contributed by atoms with Gasteiger partial charge in [0.2, 0.25) is 10.0 Å². The number of nitrogens with zero attached hydrogens (tertiary/aromatic N) is 6. The minimum absolute atomic E-state index is 0.471. The first-order valence-electron chi connectivity index (χ1n) is 10.5. The highest BCUT2D eigenvalue weighted by molar-refractivity contribution is 7.88. The van der Waals surface area contributed by atoms with Crippen molar-refractivity contribution in [3.05, 3.63) is 66.6 Å². The number of fused-ring (bicyclic) bond motifs is 1. The Morgan fingerprint density at radius 3 is 2.31 bits per heavy atom. The zero-order chi connectivity index (χ0) is 22.3. The van der Waals surface area contributed by atoms with Crippen molar-refractivity contribution in [2.45, 2.75) is 6.92 Å². The predicted octanol–water partition coefficient (Wildman–Crippen LogP) is 2.87. The second kappa shape index (κ2) is 7.99. The van der Waals surface area contributed by atoms with Gasteiger partial charge >= 0.3 is 0 Å². The van der Waals surface area contributed by atoms with Crippen LogP contribution in [0, 0.1) is 6.92 Å². The molecular weight excluding hydrogens is 424 g/mol. The van der Waals surface area contributed by atoms with Crippen LogP contribution in [0.25, 0.3) is 28.1 Å². The van der Waals surface area contributed by atoms with Crippen LogP contribution in [0.4, 0.5) is 5.82 Å². The Kier molecular flexibility index (Phi) is 5.15. The number of aryl methyl sites for hydroxylation is 1. The van der Waals surface area contributed by atoms with Crippen molar-refractivity contribution in [1.82, 2.24) is 23.8 Å². The van der Waals surface area contributed by atoms with E-state index in [0.717, 1.165) is 33.9 Å². The fourth-order valence-corrected chi connectivity index (χ4v) is 4.85. The van der Waals surface area contributed by atoms with Crippen LogP contribution in [0.2, 0.25) is 0 Å². The monoisotopic (exact) mass is 448 g/mol. The van der Waals surface area contributed by atoms with Gasteiger partial charge in [-0.1, -0.05) is 17.7 Å². The van der Waals surface area contributed by atoms with Crippen molar-refractivity contribution >= 4 is 26.9 Å². The summed E-state index contributed by atoms with van der Waals surface area (Å²) in [6, 6.07) is 14.2. The second-order valence-electron chi connectivity index (χ2n) is 8.02. The molecule has 4 aromatic rings.